The van der Waals surface area contributed by atoms with Crippen molar-refractivity contribution in [2.24, 2.45) is 11.3 Å². The minimum Gasteiger partial charge on any atom is -0.378 e. The standard InChI is InChI=1S/C18H28N4O3/c1-18(2)16(21-15(23)10-25-4)13-6-5-7-22(17(13)18)14-8-12(9-24-3)19-11-20-14/h8,11,13,16-17H,5-7,9-10H2,1-4H3,(H,21,23). The van der Waals surface area contributed by atoms with Crippen molar-refractivity contribution in [2.75, 3.05) is 32.3 Å². The van der Waals surface area contributed by atoms with Gasteiger partial charge in [-0.05, 0) is 12.8 Å². The molecule has 3 rings (SSSR count). The van der Waals surface area contributed by atoms with E-state index in [9.17, 15) is 4.79 Å². The van der Waals surface area contributed by atoms with Gasteiger partial charge in [-0.3, -0.25) is 4.79 Å². The molecule has 7 heteroatoms. The number of amides is 1. The Morgan fingerprint density at radius 2 is 2.16 bits per heavy atom. The van der Waals surface area contributed by atoms with Crippen molar-refractivity contribution in [1.82, 2.24) is 15.3 Å². The van der Waals surface area contributed by atoms with Crippen LogP contribution >= 0.6 is 0 Å². The van der Waals surface area contributed by atoms with Gasteiger partial charge in [-0.1, -0.05) is 13.8 Å². The van der Waals surface area contributed by atoms with Gasteiger partial charge >= 0.3 is 0 Å². The maximum absolute atomic E-state index is 12.0. The normalized spacial score (nSPS) is 27.4. The maximum atomic E-state index is 12.0. The van der Waals surface area contributed by atoms with E-state index in [1.807, 2.05) is 6.07 Å². The number of aromatic nitrogens is 2. The Morgan fingerprint density at radius 3 is 2.88 bits per heavy atom. The molecule has 3 atom stereocenters. The summed E-state index contributed by atoms with van der Waals surface area (Å²) in [6.45, 7) is 6.02. The summed E-state index contributed by atoms with van der Waals surface area (Å²) >= 11 is 0. The zero-order valence-corrected chi connectivity index (χ0v) is 15.5. The summed E-state index contributed by atoms with van der Waals surface area (Å²) in [4.78, 5) is 23.1. The zero-order valence-electron chi connectivity index (χ0n) is 15.5. The SMILES string of the molecule is COCC(=O)NC1C2CCCN(c3cc(COC)ncn3)C2C1(C)C. The summed E-state index contributed by atoms with van der Waals surface area (Å²) in [6, 6.07) is 2.54. The number of carbonyl (C=O) groups is 1. The van der Waals surface area contributed by atoms with Gasteiger partial charge in [0.25, 0.3) is 0 Å². The van der Waals surface area contributed by atoms with Gasteiger partial charge in [0.05, 0.1) is 12.3 Å². The molecular formula is C18H28N4O3. The van der Waals surface area contributed by atoms with E-state index in [1.54, 1.807) is 20.5 Å². The number of hydrogen-bond donors (Lipinski definition) is 1. The first-order chi connectivity index (χ1) is 12.0. The van der Waals surface area contributed by atoms with E-state index in [1.165, 1.54) is 0 Å². The molecule has 1 aliphatic carbocycles. The number of methoxy groups -OCH3 is 2. The van der Waals surface area contributed by atoms with Crippen LogP contribution in [0.1, 0.15) is 32.4 Å². The van der Waals surface area contributed by atoms with Crippen LogP contribution in [0.4, 0.5) is 5.82 Å². The van der Waals surface area contributed by atoms with Crippen molar-refractivity contribution in [1.29, 1.82) is 0 Å². The lowest BCUT2D eigenvalue weighted by Crippen LogP contribution is -2.75. The van der Waals surface area contributed by atoms with Crippen LogP contribution in [0, 0.1) is 11.3 Å². The molecule has 1 aromatic heterocycles. The van der Waals surface area contributed by atoms with Crippen molar-refractivity contribution >= 4 is 11.7 Å². The van der Waals surface area contributed by atoms with Gasteiger partial charge in [0, 0.05) is 50.2 Å². The smallest absolute Gasteiger partial charge is 0.246 e. The van der Waals surface area contributed by atoms with E-state index in [0.717, 1.165) is 30.9 Å². The van der Waals surface area contributed by atoms with Crippen LogP contribution in [0.25, 0.3) is 0 Å². The molecule has 138 valence electrons. The number of fused-ring (bicyclic) bond motifs is 1. The number of anilines is 1. The minimum absolute atomic E-state index is 0.0269. The molecule has 1 N–H and O–H groups in total. The molecule has 2 heterocycles. The van der Waals surface area contributed by atoms with Crippen LogP contribution in [0.15, 0.2) is 12.4 Å². The second-order valence-corrected chi connectivity index (χ2v) is 7.54. The third-order valence-electron chi connectivity index (χ3n) is 5.56. The average Bonchev–Trinajstić information content (AvgIpc) is 2.60. The van der Waals surface area contributed by atoms with E-state index in [2.05, 4.69) is 34.0 Å². The van der Waals surface area contributed by atoms with Crippen LogP contribution in [0.5, 0.6) is 0 Å². The third-order valence-corrected chi connectivity index (χ3v) is 5.56. The van der Waals surface area contributed by atoms with Gasteiger partial charge in [0.1, 0.15) is 18.8 Å². The van der Waals surface area contributed by atoms with Gasteiger partial charge < -0.3 is 19.7 Å². The lowest BCUT2D eigenvalue weighted by Gasteiger charge is -2.64. The first-order valence-electron chi connectivity index (χ1n) is 8.84. The quantitative estimate of drug-likeness (QED) is 0.837. The summed E-state index contributed by atoms with van der Waals surface area (Å²) < 4.78 is 10.1. The van der Waals surface area contributed by atoms with Gasteiger partial charge in [-0.25, -0.2) is 9.97 Å². The number of rotatable bonds is 6. The second kappa shape index (κ2) is 7.25. The van der Waals surface area contributed by atoms with E-state index in [4.69, 9.17) is 9.47 Å². The Balaban J connectivity index is 1.78. The zero-order chi connectivity index (χ0) is 18.0. The molecule has 1 saturated carbocycles. The van der Waals surface area contributed by atoms with Crippen LogP contribution in [-0.2, 0) is 20.9 Å². The molecule has 1 aromatic rings. The number of hydrogen-bond acceptors (Lipinski definition) is 6. The molecule has 0 bridgehead atoms. The molecule has 1 aliphatic heterocycles. The molecular weight excluding hydrogens is 320 g/mol. The second-order valence-electron chi connectivity index (χ2n) is 7.54. The lowest BCUT2D eigenvalue weighted by molar-refractivity contribution is -0.131. The number of nitrogens with zero attached hydrogens (tertiary/aromatic N) is 3. The predicted octanol–water partition coefficient (Wildman–Crippen LogP) is 1.38. The summed E-state index contributed by atoms with van der Waals surface area (Å²) in [5, 5.41) is 3.17. The Bertz CT molecular complexity index is 622. The molecule has 2 fully saturated rings. The average molecular weight is 348 g/mol. The summed E-state index contributed by atoms with van der Waals surface area (Å²) in [5.74, 6) is 1.34. The largest absolute Gasteiger partial charge is 0.378 e. The monoisotopic (exact) mass is 348 g/mol. The highest BCUT2D eigenvalue weighted by Crippen LogP contribution is 2.53. The van der Waals surface area contributed by atoms with Crippen molar-refractivity contribution in [3.05, 3.63) is 18.1 Å². The van der Waals surface area contributed by atoms with Gasteiger partial charge in [0.15, 0.2) is 0 Å². The highest BCUT2D eigenvalue weighted by Gasteiger charge is 2.60. The molecule has 1 amide bonds. The fraction of sp³-hybridized carbons (Fsp3) is 0.722. The van der Waals surface area contributed by atoms with E-state index in [0.29, 0.717) is 18.6 Å². The molecule has 2 aliphatic rings. The fourth-order valence-electron chi connectivity index (χ4n) is 4.61. The number of piperidine rings is 1. The van der Waals surface area contributed by atoms with Crippen molar-refractivity contribution in [2.45, 2.75) is 45.4 Å². The Kier molecular flexibility index (Phi) is 5.24. The topological polar surface area (TPSA) is 76.6 Å². The van der Waals surface area contributed by atoms with Crippen molar-refractivity contribution in [3.8, 4) is 0 Å². The fourth-order valence-corrected chi connectivity index (χ4v) is 4.61. The Hall–Kier alpha value is -1.73. The lowest BCUT2D eigenvalue weighted by atomic mass is 9.52. The van der Waals surface area contributed by atoms with E-state index >= 15 is 0 Å². The molecule has 0 radical (unpaired) electrons. The van der Waals surface area contributed by atoms with Gasteiger partial charge in [-0.15, -0.1) is 0 Å². The molecule has 0 spiro atoms. The molecule has 25 heavy (non-hydrogen) atoms. The first kappa shape index (κ1) is 18.1. The van der Waals surface area contributed by atoms with E-state index in [-0.39, 0.29) is 24.0 Å². The van der Waals surface area contributed by atoms with Crippen molar-refractivity contribution < 1.29 is 14.3 Å². The highest BCUT2D eigenvalue weighted by molar-refractivity contribution is 5.78. The molecule has 7 nitrogen and oxygen atoms in total. The molecule has 3 unspecified atom stereocenters. The summed E-state index contributed by atoms with van der Waals surface area (Å²) in [5.41, 5.74) is 0.859. The first-order valence-corrected chi connectivity index (χ1v) is 8.84. The van der Waals surface area contributed by atoms with Crippen LogP contribution in [0.2, 0.25) is 0 Å². The Labute approximate surface area is 149 Å². The number of ether oxygens (including phenoxy) is 2. The van der Waals surface area contributed by atoms with Gasteiger partial charge in [-0.2, -0.15) is 0 Å². The van der Waals surface area contributed by atoms with Crippen LogP contribution in [0.3, 0.4) is 0 Å². The maximum Gasteiger partial charge on any atom is 0.246 e. The van der Waals surface area contributed by atoms with Crippen molar-refractivity contribution in [3.63, 3.8) is 0 Å². The molecule has 1 saturated heterocycles. The summed E-state index contributed by atoms with van der Waals surface area (Å²) in [6.07, 6.45) is 3.83. The van der Waals surface area contributed by atoms with E-state index < -0.39 is 0 Å². The summed E-state index contributed by atoms with van der Waals surface area (Å²) in [7, 11) is 3.21. The minimum atomic E-state index is -0.0411. The predicted molar refractivity (Wildman–Crippen MR) is 94.2 cm³/mol. The number of carbonyl (C=O) groups excluding carboxylic acids is 1. The van der Waals surface area contributed by atoms with Crippen LogP contribution in [-0.4, -0.2) is 55.3 Å². The number of nitrogens with one attached hydrogen (secondary N) is 1. The Morgan fingerprint density at radius 1 is 1.36 bits per heavy atom. The van der Waals surface area contributed by atoms with Crippen LogP contribution < -0.4 is 10.2 Å². The van der Waals surface area contributed by atoms with Gasteiger partial charge in [0.2, 0.25) is 5.91 Å². The molecule has 0 aromatic carbocycles. The highest BCUT2D eigenvalue weighted by atomic mass is 16.5. The third kappa shape index (κ3) is 3.35.